The van der Waals surface area contributed by atoms with Crippen LogP contribution in [0.1, 0.15) is 10.4 Å². The summed E-state index contributed by atoms with van der Waals surface area (Å²) in [6.07, 6.45) is 0. The summed E-state index contributed by atoms with van der Waals surface area (Å²) >= 11 is 0. The number of phenolic OH excluding ortho intramolecular Hbond substituents is 1. The van der Waals surface area contributed by atoms with Crippen LogP contribution in [0.2, 0.25) is 0 Å². The van der Waals surface area contributed by atoms with E-state index in [1.165, 1.54) is 0 Å². The molecule has 1 heterocycles. The second-order valence-electron chi connectivity index (χ2n) is 4.10. The zero-order chi connectivity index (χ0) is 13.0. The number of rotatable bonds is 3. The van der Waals surface area contributed by atoms with Crippen LogP contribution in [0, 0.1) is 5.82 Å². The fourth-order valence-electron chi connectivity index (χ4n) is 1.75. The van der Waals surface area contributed by atoms with Gasteiger partial charge in [0.05, 0.1) is 18.8 Å². The average molecular weight is 254 g/mol. The van der Waals surface area contributed by atoms with Gasteiger partial charge in [0.2, 0.25) is 0 Å². The molecular formula is C12H15FN2O3. The number of hydrogen-bond donors (Lipinski definition) is 3. The summed E-state index contributed by atoms with van der Waals surface area (Å²) < 4.78 is 18.2. The highest BCUT2D eigenvalue weighted by atomic mass is 19.1. The molecule has 0 bridgehead atoms. The molecule has 1 aromatic rings. The fraction of sp³-hybridized carbons (Fsp3) is 0.417. The maximum Gasteiger partial charge on any atom is 0.255 e. The number of amides is 1. The Bertz CT molecular complexity index is 433. The summed E-state index contributed by atoms with van der Waals surface area (Å²) in [6.45, 7) is 2.30. The number of nitrogens with one attached hydrogen (secondary N) is 2. The van der Waals surface area contributed by atoms with Gasteiger partial charge in [-0.25, -0.2) is 4.39 Å². The maximum absolute atomic E-state index is 13.0. The van der Waals surface area contributed by atoms with Crippen molar-refractivity contribution in [1.82, 2.24) is 10.6 Å². The third-order valence-electron chi connectivity index (χ3n) is 2.71. The number of carbonyl (C=O) groups is 1. The van der Waals surface area contributed by atoms with Crippen molar-refractivity contribution in [1.29, 1.82) is 0 Å². The zero-order valence-corrected chi connectivity index (χ0v) is 9.78. The molecule has 98 valence electrons. The normalized spacial score (nSPS) is 19.5. The lowest BCUT2D eigenvalue weighted by atomic mass is 10.1. The van der Waals surface area contributed by atoms with E-state index < -0.39 is 11.7 Å². The smallest absolute Gasteiger partial charge is 0.255 e. The summed E-state index contributed by atoms with van der Waals surface area (Å²) in [7, 11) is 0. The number of phenols is 1. The number of aromatic hydroxyl groups is 1. The SMILES string of the molecule is O=C(NCC1COCCN1)c1cc(F)ccc1O. The molecule has 0 saturated carbocycles. The molecular weight excluding hydrogens is 239 g/mol. The highest BCUT2D eigenvalue weighted by molar-refractivity contribution is 5.96. The first-order chi connectivity index (χ1) is 8.66. The Morgan fingerprint density at radius 2 is 2.44 bits per heavy atom. The van der Waals surface area contributed by atoms with E-state index in [9.17, 15) is 14.3 Å². The Balaban J connectivity index is 1.92. The maximum atomic E-state index is 13.0. The van der Waals surface area contributed by atoms with Gasteiger partial charge in [-0.1, -0.05) is 0 Å². The molecule has 1 atom stereocenters. The Kier molecular flexibility index (Phi) is 4.11. The van der Waals surface area contributed by atoms with Crippen molar-refractivity contribution in [2.45, 2.75) is 6.04 Å². The van der Waals surface area contributed by atoms with E-state index in [0.717, 1.165) is 24.7 Å². The lowest BCUT2D eigenvalue weighted by Crippen LogP contribution is -2.48. The van der Waals surface area contributed by atoms with E-state index >= 15 is 0 Å². The van der Waals surface area contributed by atoms with Gasteiger partial charge in [0.15, 0.2) is 0 Å². The number of ether oxygens (including phenoxy) is 1. The van der Waals surface area contributed by atoms with Crippen molar-refractivity contribution < 1.29 is 19.0 Å². The van der Waals surface area contributed by atoms with Crippen LogP contribution in [0.4, 0.5) is 4.39 Å². The monoisotopic (exact) mass is 254 g/mol. The molecule has 5 nitrogen and oxygen atoms in total. The van der Waals surface area contributed by atoms with Crippen molar-refractivity contribution in [2.75, 3.05) is 26.3 Å². The van der Waals surface area contributed by atoms with E-state index in [2.05, 4.69) is 10.6 Å². The third kappa shape index (κ3) is 3.18. The number of morpholine rings is 1. The summed E-state index contributed by atoms with van der Waals surface area (Å²) in [5.74, 6) is -1.29. The molecule has 18 heavy (non-hydrogen) atoms. The summed E-state index contributed by atoms with van der Waals surface area (Å²) in [5.41, 5.74) is -0.0632. The molecule has 1 aliphatic rings. The predicted octanol–water partition coefficient (Wildman–Crippen LogP) is 0.249. The number of benzene rings is 1. The summed E-state index contributed by atoms with van der Waals surface area (Å²) in [4.78, 5) is 11.8. The topological polar surface area (TPSA) is 70.6 Å². The van der Waals surface area contributed by atoms with Gasteiger partial charge in [0, 0.05) is 19.1 Å². The van der Waals surface area contributed by atoms with E-state index in [1.54, 1.807) is 0 Å². The minimum absolute atomic E-state index is 0.0402. The second-order valence-corrected chi connectivity index (χ2v) is 4.10. The van der Waals surface area contributed by atoms with Gasteiger partial charge in [0.1, 0.15) is 11.6 Å². The standard InChI is InChI=1S/C12H15FN2O3/c13-8-1-2-11(16)10(5-8)12(17)15-6-9-7-18-4-3-14-9/h1-2,5,9,14,16H,3-4,6-7H2,(H,15,17). The molecule has 1 saturated heterocycles. The Labute approximate surface area is 104 Å². The van der Waals surface area contributed by atoms with E-state index in [0.29, 0.717) is 19.8 Å². The van der Waals surface area contributed by atoms with E-state index in [4.69, 9.17) is 4.74 Å². The lowest BCUT2D eigenvalue weighted by molar-refractivity contribution is 0.0734. The molecule has 3 N–H and O–H groups in total. The van der Waals surface area contributed by atoms with Crippen molar-refractivity contribution in [3.05, 3.63) is 29.6 Å². The van der Waals surface area contributed by atoms with Gasteiger partial charge in [-0.2, -0.15) is 0 Å². The van der Waals surface area contributed by atoms with Crippen LogP contribution in [0.25, 0.3) is 0 Å². The Morgan fingerprint density at radius 3 is 3.17 bits per heavy atom. The number of halogens is 1. The first-order valence-corrected chi connectivity index (χ1v) is 5.74. The van der Waals surface area contributed by atoms with Gasteiger partial charge in [0.25, 0.3) is 5.91 Å². The molecule has 0 aromatic heterocycles. The Morgan fingerprint density at radius 1 is 1.61 bits per heavy atom. The molecule has 6 heteroatoms. The van der Waals surface area contributed by atoms with Crippen molar-refractivity contribution in [3.63, 3.8) is 0 Å². The first kappa shape index (κ1) is 12.8. The van der Waals surface area contributed by atoms with E-state index in [-0.39, 0.29) is 17.4 Å². The van der Waals surface area contributed by atoms with E-state index in [1.807, 2.05) is 0 Å². The van der Waals surface area contributed by atoms with Gasteiger partial charge in [-0.3, -0.25) is 4.79 Å². The van der Waals surface area contributed by atoms with Crippen molar-refractivity contribution in [2.24, 2.45) is 0 Å². The minimum Gasteiger partial charge on any atom is -0.507 e. The lowest BCUT2D eigenvalue weighted by Gasteiger charge is -2.23. The summed E-state index contributed by atoms with van der Waals surface area (Å²) in [5, 5.41) is 15.3. The van der Waals surface area contributed by atoms with Crippen LogP contribution in [-0.4, -0.2) is 43.4 Å². The second kappa shape index (κ2) is 5.79. The van der Waals surface area contributed by atoms with Gasteiger partial charge < -0.3 is 20.5 Å². The minimum atomic E-state index is -0.558. The molecule has 1 fully saturated rings. The highest BCUT2D eigenvalue weighted by Crippen LogP contribution is 2.17. The van der Waals surface area contributed by atoms with Crippen molar-refractivity contribution >= 4 is 5.91 Å². The summed E-state index contributed by atoms with van der Waals surface area (Å²) in [6, 6.07) is 3.31. The van der Waals surface area contributed by atoms with Crippen LogP contribution in [0.15, 0.2) is 18.2 Å². The molecule has 0 aliphatic carbocycles. The molecule has 0 radical (unpaired) electrons. The molecule has 2 rings (SSSR count). The highest BCUT2D eigenvalue weighted by Gasteiger charge is 2.16. The van der Waals surface area contributed by atoms with Gasteiger partial charge in [-0.15, -0.1) is 0 Å². The number of hydrogen-bond acceptors (Lipinski definition) is 4. The average Bonchev–Trinajstić information content (AvgIpc) is 2.40. The molecule has 1 aliphatic heterocycles. The first-order valence-electron chi connectivity index (χ1n) is 5.74. The predicted molar refractivity (Wildman–Crippen MR) is 63.0 cm³/mol. The molecule has 1 aromatic carbocycles. The number of carbonyl (C=O) groups excluding carboxylic acids is 1. The van der Waals surface area contributed by atoms with Crippen LogP contribution in [0.5, 0.6) is 5.75 Å². The largest absolute Gasteiger partial charge is 0.507 e. The molecule has 0 spiro atoms. The van der Waals surface area contributed by atoms with Gasteiger partial charge in [-0.05, 0) is 18.2 Å². The van der Waals surface area contributed by atoms with Crippen molar-refractivity contribution in [3.8, 4) is 5.75 Å². The van der Waals surface area contributed by atoms with Crippen LogP contribution < -0.4 is 10.6 Å². The van der Waals surface area contributed by atoms with Gasteiger partial charge >= 0.3 is 0 Å². The third-order valence-corrected chi connectivity index (χ3v) is 2.71. The van der Waals surface area contributed by atoms with Crippen LogP contribution in [0.3, 0.4) is 0 Å². The van der Waals surface area contributed by atoms with Crippen LogP contribution in [-0.2, 0) is 4.74 Å². The quantitative estimate of drug-likeness (QED) is 0.723. The molecule has 1 unspecified atom stereocenters. The molecule has 1 amide bonds. The zero-order valence-electron chi connectivity index (χ0n) is 9.78. The Hall–Kier alpha value is -1.66. The fourth-order valence-corrected chi connectivity index (χ4v) is 1.75. The van der Waals surface area contributed by atoms with Crippen LogP contribution >= 0.6 is 0 Å².